The zero-order valence-electron chi connectivity index (χ0n) is 60.9. The standard InChI is InChI=1S/C15H20N2O.C14H18N2O.C13H13F3N2O.C13H16N2OS.C13H16N2O.C12H14N2O/c1-12(18)8-4-3-7-11-17-13(2)16-14-9-5-6-10-15(14)17;1-11(17)7-5-6-10-16-12(2)15-13-8-3-4-9-14(13)16;1-9(19)5-4-8-18-11-7-3-2-6-10(11)17-12(18)13(14,15)16;1-10(16)6-5-9-15-12-8-4-3-7-11(12)14-13(15)17-2;1-10(16)6-5-9-15-11(2)14-12-7-3-4-8-13(12)15;1-9(15)7-8-14-10(2)13-11-5-3-4-6-12(11)14/h5-6,9-10H,3-4,7-8,11H2,1-2H3;3-4,8-9H,5-7,10H2,1-2H3;2-3,6-7H,4-5,8H2,1H3;3-4,7-8H,5-6,9H2,1-2H3;3-4,7-8H,5-6,9H2,1-2H3;3-6H,7-8H2,1-2H3. The minimum atomic E-state index is -4.49. The lowest BCUT2D eigenvalue weighted by molar-refractivity contribution is -0.147. The van der Waals surface area contributed by atoms with Crippen molar-refractivity contribution in [2.45, 2.75) is 210 Å². The van der Waals surface area contributed by atoms with Crippen LogP contribution in [0.5, 0.6) is 0 Å². The summed E-state index contributed by atoms with van der Waals surface area (Å²) in [5.74, 6) is 4.46. The van der Waals surface area contributed by atoms with E-state index in [-0.39, 0.29) is 41.9 Å². The monoisotopic (exact) mass is 1410 g/mol. The maximum atomic E-state index is 12.9. The number of alkyl halides is 3. The maximum Gasteiger partial charge on any atom is 0.449 e. The van der Waals surface area contributed by atoms with Crippen molar-refractivity contribution >= 4 is 113 Å². The number of aromatic nitrogens is 12. The summed E-state index contributed by atoms with van der Waals surface area (Å²) >= 11 is 1.65. The number of hydrogen-bond donors (Lipinski definition) is 0. The van der Waals surface area contributed by atoms with Crippen LogP contribution in [-0.4, -0.2) is 98.3 Å². The van der Waals surface area contributed by atoms with Crippen LogP contribution in [0.4, 0.5) is 13.2 Å². The van der Waals surface area contributed by atoms with Crippen LogP contribution in [0.1, 0.15) is 161 Å². The van der Waals surface area contributed by atoms with Gasteiger partial charge in [-0.3, -0.25) is 4.79 Å². The van der Waals surface area contributed by atoms with Crippen molar-refractivity contribution < 1.29 is 41.9 Å². The van der Waals surface area contributed by atoms with Gasteiger partial charge in [0, 0.05) is 77.8 Å². The number of aryl methyl sites for hydroxylation is 10. The highest BCUT2D eigenvalue weighted by molar-refractivity contribution is 7.98. The molecule has 22 heteroatoms. The Morgan fingerprint density at radius 3 is 0.882 bits per heavy atom. The van der Waals surface area contributed by atoms with Gasteiger partial charge >= 0.3 is 6.18 Å². The summed E-state index contributed by atoms with van der Waals surface area (Å²) in [5.41, 5.74) is 11.8. The van der Waals surface area contributed by atoms with Gasteiger partial charge in [0.05, 0.1) is 66.2 Å². The fourth-order valence-corrected chi connectivity index (χ4v) is 12.6. The number of halogens is 3. The molecule has 0 aliphatic rings. The van der Waals surface area contributed by atoms with Gasteiger partial charge in [-0.1, -0.05) is 91.0 Å². The van der Waals surface area contributed by atoms with E-state index in [2.05, 4.69) is 96.1 Å². The molecule has 0 aliphatic heterocycles. The second kappa shape index (κ2) is 39.5. The van der Waals surface area contributed by atoms with Gasteiger partial charge in [-0.15, -0.1) is 0 Å². The summed E-state index contributed by atoms with van der Waals surface area (Å²) in [6.45, 7) is 22.2. The molecule has 0 fully saturated rings. The Balaban J connectivity index is 0.000000172. The van der Waals surface area contributed by atoms with E-state index in [1.54, 1.807) is 70.6 Å². The van der Waals surface area contributed by atoms with Crippen LogP contribution < -0.4 is 0 Å². The number of unbranched alkanes of at least 4 members (excludes halogenated alkanes) is 3. The topological polar surface area (TPSA) is 209 Å². The zero-order chi connectivity index (χ0) is 73.9. The molecule has 102 heavy (non-hydrogen) atoms. The first-order chi connectivity index (χ1) is 48.8. The lowest BCUT2D eigenvalue weighted by Gasteiger charge is -2.10. The number of imidazole rings is 6. The van der Waals surface area contributed by atoms with Gasteiger partial charge in [-0.05, 0) is 193 Å². The second-order valence-electron chi connectivity index (χ2n) is 25.6. The van der Waals surface area contributed by atoms with Crippen molar-refractivity contribution in [2.24, 2.45) is 0 Å². The Hall–Kier alpha value is -9.70. The van der Waals surface area contributed by atoms with E-state index in [1.807, 2.05) is 112 Å². The smallest absolute Gasteiger partial charge is 0.328 e. The number of carbonyl (C=O) groups excluding carboxylic acids is 6. The molecule has 0 bridgehead atoms. The summed E-state index contributed by atoms with van der Waals surface area (Å²) in [5, 5.41) is 1.02. The number of fused-ring (bicyclic) bond motifs is 6. The quantitative estimate of drug-likeness (QED) is 0.0347. The summed E-state index contributed by atoms with van der Waals surface area (Å²) in [6.07, 6.45) is 8.39. The van der Waals surface area contributed by atoms with E-state index in [0.717, 1.165) is 155 Å². The van der Waals surface area contributed by atoms with E-state index in [4.69, 9.17) is 0 Å². The Labute approximate surface area is 599 Å². The van der Waals surface area contributed by atoms with Crippen molar-refractivity contribution in [1.82, 2.24) is 57.3 Å². The molecule has 0 atom stereocenters. The molecule has 18 nitrogen and oxygen atoms in total. The number of Topliss-reactive ketones (excluding diaryl/α,β-unsaturated/α-hetero) is 6. The molecule has 6 heterocycles. The molecule has 0 spiro atoms. The number of para-hydroxylation sites is 12. The average Bonchev–Trinajstić information content (AvgIpc) is 1.64. The number of nitrogens with zero attached hydrogens (tertiary/aromatic N) is 12. The lowest BCUT2D eigenvalue weighted by Crippen LogP contribution is -2.15. The first-order valence-corrected chi connectivity index (χ1v) is 36.2. The number of ketones is 6. The summed E-state index contributed by atoms with van der Waals surface area (Å²) in [6, 6.07) is 47.1. The molecule has 0 aliphatic carbocycles. The van der Waals surface area contributed by atoms with Crippen LogP contribution in [0.25, 0.3) is 66.2 Å². The lowest BCUT2D eigenvalue weighted by atomic mass is 10.1. The van der Waals surface area contributed by atoms with E-state index in [9.17, 15) is 41.9 Å². The second-order valence-corrected chi connectivity index (χ2v) is 26.3. The van der Waals surface area contributed by atoms with Crippen LogP contribution >= 0.6 is 11.8 Å². The summed E-state index contributed by atoms with van der Waals surface area (Å²) < 4.78 is 50.9. The molecule has 0 unspecified atom stereocenters. The molecule has 0 saturated carbocycles. The molecule has 540 valence electrons. The highest BCUT2D eigenvalue weighted by atomic mass is 32.2. The summed E-state index contributed by atoms with van der Waals surface area (Å²) in [4.78, 5) is 91.6. The molecule has 12 rings (SSSR count). The predicted octanol–water partition coefficient (Wildman–Crippen LogP) is 18.2. The third-order valence-electron chi connectivity index (χ3n) is 17.1. The minimum Gasteiger partial charge on any atom is -0.328 e. The third kappa shape index (κ3) is 23.7. The Morgan fingerprint density at radius 2 is 0.549 bits per heavy atom. The molecule has 0 N–H and O–H groups in total. The SMILES string of the molecule is CC(=O)CCCCCn1c(C)nc2ccccc21.CC(=O)CCCCn1c(C)nc2ccccc21.CC(=O)CCCn1c(C(F)(F)F)nc2ccccc21.CC(=O)CCCn1c(C)nc2ccccc21.CC(=O)CCn1c(C)nc2ccccc21.CSc1nc2ccccc2n1CCCC(C)=O. The average molecular weight is 1410 g/mol. The molecule has 0 amide bonds. The van der Waals surface area contributed by atoms with E-state index < -0.39 is 12.0 Å². The molecule has 6 aromatic carbocycles. The van der Waals surface area contributed by atoms with E-state index >= 15 is 0 Å². The van der Waals surface area contributed by atoms with Gasteiger partial charge in [-0.25, -0.2) is 29.9 Å². The molecule has 0 saturated heterocycles. The first kappa shape index (κ1) is 79.6. The van der Waals surface area contributed by atoms with Crippen LogP contribution in [0.2, 0.25) is 0 Å². The van der Waals surface area contributed by atoms with Gasteiger partial charge in [0.25, 0.3) is 0 Å². The Kier molecular flexibility index (Phi) is 30.8. The zero-order valence-corrected chi connectivity index (χ0v) is 61.7. The van der Waals surface area contributed by atoms with Crippen LogP contribution in [0.3, 0.4) is 0 Å². The largest absolute Gasteiger partial charge is 0.449 e. The number of hydrogen-bond acceptors (Lipinski definition) is 13. The van der Waals surface area contributed by atoms with Gasteiger partial charge in [0.1, 0.15) is 58.0 Å². The Morgan fingerprint density at radius 1 is 0.304 bits per heavy atom. The van der Waals surface area contributed by atoms with Gasteiger partial charge in [-0.2, -0.15) is 13.2 Å². The van der Waals surface area contributed by atoms with E-state index in [1.165, 1.54) is 18.0 Å². The highest BCUT2D eigenvalue weighted by Gasteiger charge is 2.37. The number of thioether (sulfide) groups is 1. The fourth-order valence-electron chi connectivity index (χ4n) is 12.0. The van der Waals surface area contributed by atoms with Gasteiger partial charge in [0.2, 0.25) is 5.82 Å². The molecular formula is C80H97F3N12O6S. The normalized spacial score (nSPS) is 11.1. The Bertz CT molecular complexity index is 4760. The fraction of sp³-hybridized carbons (Fsp3) is 0.400. The van der Waals surface area contributed by atoms with Crippen LogP contribution in [-0.2, 0) is 74.2 Å². The van der Waals surface area contributed by atoms with Gasteiger partial charge < -0.3 is 51.4 Å². The summed E-state index contributed by atoms with van der Waals surface area (Å²) in [7, 11) is 0. The molecule has 0 radical (unpaired) electrons. The number of benzene rings is 6. The number of carbonyl (C=O) groups is 6. The molecular weight excluding hydrogens is 1310 g/mol. The third-order valence-corrected chi connectivity index (χ3v) is 17.8. The van der Waals surface area contributed by atoms with Gasteiger partial charge in [0.15, 0.2) is 5.16 Å². The minimum absolute atomic E-state index is 0.0296. The van der Waals surface area contributed by atoms with Crippen LogP contribution in [0.15, 0.2) is 151 Å². The van der Waals surface area contributed by atoms with Crippen molar-refractivity contribution in [3.05, 3.63) is 175 Å². The molecule has 6 aromatic heterocycles. The van der Waals surface area contributed by atoms with Crippen molar-refractivity contribution in [2.75, 3.05) is 6.26 Å². The van der Waals surface area contributed by atoms with Crippen molar-refractivity contribution in [3.63, 3.8) is 0 Å². The highest BCUT2D eigenvalue weighted by Crippen LogP contribution is 2.32. The molecule has 12 aromatic rings. The maximum absolute atomic E-state index is 12.9. The van der Waals surface area contributed by atoms with Crippen LogP contribution in [0, 0.1) is 27.7 Å². The van der Waals surface area contributed by atoms with Crippen molar-refractivity contribution in [1.29, 1.82) is 0 Å². The predicted molar refractivity (Wildman–Crippen MR) is 403 cm³/mol. The first-order valence-electron chi connectivity index (χ1n) is 35.0. The van der Waals surface area contributed by atoms with E-state index in [0.29, 0.717) is 55.3 Å². The van der Waals surface area contributed by atoms with Crippen molar-refractivity contribution in [3.8, 4) is 0 Å². The number of rotatable bonds is 27.